The molecule has 2 fully saturated rings. The number of hydrogen-bond acceptors (Lipinski definition) is 26. The Kier molecular flexibility index (Phi) is 29.1. The molecule has 0 aliphatic carbocycles. The van der Waals surface area contributed by atoms with Gasteiger partial charge in [0.1, 0.15) is 42.4 Å². The number of phosphoric acid groups is 3. The summed E-state index contributed by atoms with van der Waals surface area (Å²) >= 11 is 1.04. The molecule has 28 nitrogen and oxygen atoms in total. The number of amides is 2. The monoisotopic (exact) mass is 1200 g/mol. The van der Waals surface area contributed by atoms with E-state index in [0.717, 1.165) is 73.9 Å². The zero-order chi connectivity index (χ0) is 58.4. The number of carbonyl (C=O) groups excluding carboxylic acids is 3. The molecule has 0 aromatic carbocycles. The number of nitrogen functional groups attached to an aromatic ring is 1. The molecule has 0 radical (unpaired) electrons. The van der Waals surface area contributed by atoms with Crippen molar-refractivity contribution in [2.45, 2.75) is 198 Å². The van der Waals surface area contributed by atoms with Crippen molar-refractivity contribution in [2.75, 3.05) is 37.8 Å². The van der Waals surface area contributed by atoms with Crippen molar-refractivity contribution in [2.24, 2.45) is 5.41 Å². The maximum absolute atomic E-state index is 12.7. The van der Waals surface area contributed by atoms with Crippen molar-refractivity contribution >= 4 is 69.1 Å². The normalized spacial score (nSPS) is 24.3. The number of imidazole rings is 1. The molecule has 8 N–H and O–H groups in total. The Morgan fingerprint density at radius 3 is 2.15 bits per heavy atom. The Balaban J connectivity index is 0.984. The zero-order valence-corrected chi connectivity index (χ0v) is 48.5. The van der Waals surface area contributed by atoms with Gasteiger partial charge < -0.3 is 88.7 Å². The molecule has 452 valence electrons. The number of unbranched alkanes of at least 4 members (excludes halogenated alkanes) is 13. The van der Waals surface area contributed by atoms with Gasteiger partial charge in [0.25, 0.3) is 15.6 Å². The summed E-state index contributed by atoms with van der Waals surface area (Å²) in [6, 6.07) is 0. The van der Waals surface area contributed by atoms with Gasteiger partial charge in [-0.25, -0.2) is 19.3 Å². The molecule has 2 aromatic rings. The number of thioether (sulfide) groups is 1. The van der Waals surface area contributed by atoms with E-state index in [9.17, 15) is 68.1 Å². The molecule has 4 rings (SSSR count). The molecule has 32 heteroatoms. The number of rotatable bonds is 38. The average Bonchev–Trinajstić information content (AvgIpc) is 4.09. The number of aliphatic hydroxyl groups excluding tert-OH is 4. The van der Waals surface area contributed by atoms with Crippen LogP contribution in [-0.4, -0.2) is 144 Å². The lowest BCUT2D eigenvalue weighted by Gasteiger charge is -2.36. The number of aliphatic hydroxyl groups is 4. The summed E-state index contributed by atoms with van der Waals surface area (Å²) in [5.41, 5.74) is 4.07. The van der Waals surface area contributed by atoms with Crippen LogP contribution >= 0.6 is 35.2 Å². The first-order valence-corrected chi connectivity index (χ1v) is 31.9. The minimum atomic E-state index is -5.93. The van der Waals surface area contributed by atoms with E-state index in [2.05, 4.69) is 43.5 Å². The van der Waals surface area contributed by atoms with Gasteiger partial charge in [0.05, 0.1) is 45.7 Å². The Hall–Kier alpha value is -2.86. The van der Waals surface area contributed by atoms with Crippen LogP contribution in [0.15, 0.2) is 24.8 Å². The van der Waals surface area contributed by atoms with Gasteiger partial charge in [-0.2, -0.15) is 0 Å². The fraction of sp³-hybridized carbons (Fsp3) is 0.787. The topological polar surface area (TPSA) is 434 Å². The van der Waals surface area contributed by atoms with Crippen molar-refractivity contribution in [1.82, 2.24) is 30.2 Å². The number of anilines is 1. The molecule has 2 unspecified atom stereocenters. The molecule has 0 saturated carbocycles. The van der Waals surface area contributed by atoms with Crippen LogP contribution in [0.3, 0.4) is 0 Å². The van der Waals surface area contributed by atoms with E-state index >= 15 is 0 Å². The van der Waals surface area contributed by atoms with Crippen LogP contribution in [0.25, 0.3) is 11.2 Å². The van der Waals surface area contributed by atoms with Gasteiger partial charge in [0, 0.05) is 37.1 Å². The van der Waals surface area contributed by atoms with Crippen molar-refractivity contribution in [3.8, 4) is 0 Å². The van der Waals surface area contributed by atoms with E-state index in [-0.39, 0.29) is 60.2 Å². The third-order valence-corrected chi connectivity index (χ3v) is 16.9. The summed E-state index contributed by atoms with van der Waals surface area (Å²) in [6.07, 6.45) is 10.5. The van der Waals surface area contributed by atoms with E-state index in [1.165, 1.54) is 71.3 Å². The summed E-state index contributed by atoms with van der Waals surface area (Å²) in [7, 11) is -17.7. The number of phosphoric ester groups is 3. The average molecular weight is 1200 g/mol. The van der Waals surface area contributed by atoms with Gasteiger partial charge in [-0.3, -0.25) is 28.1 Å². The predicted octanol–water partition coefficient (Wildman–Crippen LogP) is 1.81. The molecule has 0 bridgehead atoms. The minimum absolute atomic E-state index is 0.00800. The van der Waals surface area contributed by atoms with E-state index in [1.54, 1.807) is 6.92 Å². The van der Waals surface area contributed by atoms with E-state index in [0.29, 0.717) is 5.75 Å². The van der Waals surface area contributed by atoms with E-state index < -0.39 is 103 Å². The molecule has 79 heavy (non-hydrogen) atoms. The van der Waals surface area contributed by atoms with Crippen LogP contribution in [0.1, 0.15) is 143 Å². The molecule has 12 atom stereocenters. The molecule has 2 aliphatic rings. The quantitative estimate of drug-likeness (QED) is 0.0286. The number of hydrogen-bond donors (Lipinski definition) is 7. The molecule has 0 spiro atoms. The Bertz CT molecular complexity index is 2390. The van der Waals surface area contributed by atoms with Crippen LogP contribution in [0.5, 0.6) is 0 Å². The SMILES string of the molecule is C[C@H](CCCCCCCCCCCCCCC/C=C/C(=O)SCCNC(=O)CCNC(=O)[C@H](O)C(C)(C)COP(=O)([O-])OP(=O)([O-])OC[C@H]1O[C@@H](n2cnc3c(N)ncnc32)[C@H](O)[C@@H]1OP(=O)([O-])[O-])O[C@@H]1O[C@@H](C)[C@H](O)C[C@H]1O. The molecule has 2 aliphatic heterocycles. The predicted molar refractivity (Wildman–Crippen MR) is 278 cm³/mol. The summed E-state index contributed by atoms with van der Waals surface area (Å²) in [4.78, 5) is 97.1. The lowest BCUT2D eigenvalue weighted by atomic mass is 9.87. The fourth-order valence-corrected chi connectivity index (χ4v) is 11.8. The van der Waals surface area contributed by atoms with Gasteiger partial charge in [-0.1, -0.05) is 109 Å². The first kappa shape index (κ1) is 68.6. The number of fused-ring (bicyclic) bond motifs is 1. The van der Waals surface area contributed by atoms with E-state index in [1.807, 2.05) is 13.0 Å². The lowest BCUT2D eigenvalue weighted by molar-refractivity contribution is -0.347. The summed E-state index contributed by atoms with van der Waals surface area (Å²) in [5.74, 6) is -1.25. The Morgan fingerprint density at radius 1 is 0.886 bits per heavy atom. The smallest absolute Gasteiger partial charge is 0.274 e. The van der Waals surface area contributed by atoms with Gasteiger partial charge >= 0.3 is 0 Å². The van der Waals surface area contributed by atoms with Crippen LogP contribution in [0, 0.1) is 5.41 Å². The molecule has 2 amide bonds. The standard InChI is InChI=1S/C47H82N7O21P3S/c1-31(71-46-34(56)26-33(55)32(2)72-46)20-18-16-14-12-10-8-6-5-7-9-11-13-15-17-19-21-37(58)79-25-24-49-36(57)22-23-50-44(61)41(60)47(3,4)28-70-78(67,68)75-77(65,66)69-27-35-40(74-76(62,63)64)39(59)45(73-35)54-30-53-38-42(48)51-29-52-43(38)54/h19,21,29-35,39-41,45-46,55-56,59-60H,5-18,20,22-28H2,1-4H3,(H,49,57)(H,50,61)(H,65,66)(H,67,68)(H2,48,51,52)(H2,62,63,64)/p-4/b21-19+/t31-,32+,33-,34-,35-,39-,40-,41+,45-,46-/m1/s1. The number of allylic oxidation sites excluding steroid dienone is 1. The van der Waals surface area contributed by atoms with Crippen molar-refractivity contribution in [1.29, 1.82) is 0 Å². The largest absolute Gasteiger partial charge is 0.790 e. The van der Waals surface area contributed by atoms with Crippen molar-refractivity contribution in [3.05, 3.63) is 24.8 Å². The second-order valence-electron chi connectivity index (χ2n) is 20.3. The van der Waals surface area contributed by atoms with Gasteiger partial charge in [0.15, 0.2) is 24.0 Å². The molecule has 2 saturated heterocycles. The third-order valence-electron chi connectivity index (χ3n) is 13.0. The lowest BCUT2D eigenvalue weighted by Crippen LogP contribution is -2.48. The van der Waals surface area contributed by atoms with Gasteiger partial charge in [-0.05, 0) is 39.2 Å². The molecule has 2 aromatic heterocycles. The first-order chi connectivity index (χ1) is 37.2. The second-order valence-corrected chi connectivity index (χ2v) is 25.4. The Labute approximate surface area is 464 Å². The molecular weight excluding hydrogens is 1120 g/mol. The number of carbonyl (C=O) groups is 3. The maximum atomic E-state index is 12.7. The second kappa shape index (κ2) is 33.4. The number of nitrogens with zero attached hydrogens (tertiary/aromatic N) is 4. The highest BCUT2D eigenvalue weighted by molar-refractivity contribution is 8.14. The number of aromatic nitrogens is 4. The zero-order valence-electron chi connectivity index (χ0n) is 45.0. The third kappa shape index (κ3) is 24.9. The van der Waals surface area contributed by atoms with Crippen LogP contribution in [-0.2, 0) is 60.2 Å². The molecular formula is C47H78N7O21P3S-4. The van der Waals surface area contributed by atoms with E-state index in [4.69, 9.17) is 19.9 Å². The number of ether oxygens (including phenoxy) is 3. The number of nitrogens with two attached hydrogens (primary N) is 1. The fourth-order valence-electron chi connectivity index (χ4n) is 8.49. The summed E-state index contributed by atoms with van der Waals surface area (Å²) < 4.78 is 72.4. The summed E-state index contributed by atoms with van der Waals surface area (Å²) in [5, 5.41) is 46.2. The van der Waals surface area contributed by atoms with Crippen LogP contribution < -0.4 is 35.9 Å². The van der Waals surface area contributed by atoms with Crippen molar-refractivity contribution < 1.29 is 100 Å². The summed E-state index contributed by atoms with van der Waals surface area (Å²) in [6.45, 7) is 3.85. The van der Waals surface area contributed by atoms with Crippen LogP contribution in [0.2, 0.25) is 0 Å². The maximum Gasteiger partial charge on any atom is 0.274 e. The van der Waals surface area contributed by atoms with Gasteiger partial charge in [-0.15, -0.1) is 0 Å². The first-order valence-electron chi connectivity index (χ1n) is 26.5. The highest BCUT2D eigenvalue weighted by Gasteiger charge is 2.47. The van der Waals surface area contributed by atoms with Gasteiger partial charge in [0.2, 0.25) is 16.9 Å². The highest BCUT2D eigenvalue weighted by atomic mass is 32.2. The molecule has 4 heterocycles. The van der Waals surface area contributed by atoms with Crippen molar-refractivity contribution in [3.63, 3.8) is 0 Å². The highest BCUT2D eigenvalue weighted by Crippen LogP contribution is 2.56. The van der Waals surface area contributed by atoms with Crippen LogP contribution in [0.4, 0.5) is 5.82 Å². The Morgan fingerprint density at radius 2 is 1.51 bits per heavy atom. The minimum Gasteiger partial charge on any atom is -0.790 e. The number of nitrogens with one attached hydrogen (secondary N) is 2.